The third-order valence-corrected chi connectivity index (χ3v) is 31.0. The molecule has 57 heteroatoms. The molecule has 30 saturated heterocycles. The zero-order chi connectivity index (χ0) is 99.6. The summed E-state index contributed by atoms with van der Waals surface area (Å²) in [5.74, 6) is -0.875. The molecule has 810 valence electrons. The van der Waals surface area contributed by atoms with Gasteiger partial charge in [-0.05, 0) is 0 Å². The molecule has 0 aromatic rings. The number of aliphatic hydroxyl groups is 23. The van der Waals surface area contributed by atoms with E-state index in [9.17, 15) is 127 Å². The van der Waals surface area contributed by atoms with E-state index in [0.717, 1.165) is 94.1 Å². The van der Waals surface area contributed by atoms with E-state index in [1.54, 1.807) is 0 Å². The Bertz CT molecular complexity index is 2930. The van der Waals surface area contributed by atoms with Crippen molar-refractivity contribution in [1.29, 1.82) is 0 Å². The highest BCUT2D eigenvalue weighted by molar-refractivity contribution is 8.00. The second-order valence-electron chi connectivity index (χ2n) is 32.7. The molecule has 40 atom stereocenters. The van der Waals surface area contributed by atoms with Crippen LogP contribution in [0.1, 0.15) is 6.42 Å². The number of aliphatic carboxylic acids is 1. The largest absolute Gasteiger partial charge is 0.481 e. The van der Waals surface area contributed by atoms with Crippen LogP contribution in [-0.4, -0.2) is 618 Å². The van der Waals surface area contributed by atoms with E-state index in [1.807, 2.05) is 0 Å². The Kier molecular flexibility index (Phi) is 59.1. The van der Waals surface area contributed by atoms with Gasteiger partial charge < -0.3 is 236 Å². The van der Waals surface area contributed by atoms with E-state index < -0.39 is 252 Å². The molecule has 0 amide bonds. The average molecular weight is 2160 g/mol. The van der Waals surface area contributed by atoms with Crippen LogP contribution in [0.2, 0.25) is 0 Å². The average Bonchev–Trinajstić information content (AvgIpc) is 0.769. The van der Waals surface area contributed by atoms with Crippen molar-refractivity contribution in [1.82, 2.24) is 0 Å². The highest BCUT2D eigenvalue weighted by Gasteiger charge is 2.61. The molecule has 24 unspecified atom stereocenters. The van der Waals surface area contributed by atoms with Gasteiger partial charge in [0.05, 0.1) is 207 Å². The van der Waals surface area contributed by atoms with Gasteiger partial charge in [0.25, 0.3) is 0 Å². The first-order chi connectivity index (χ1) is 66.7. The second-order valence-corrected chi connectivity index (χ2v) is 41.9. The van der Waals surface area contributed by atoms with Crippen molar-refractivity contribution in [3.05, 3.63) is 0 Å². The summed E-state index contributed by atoms with van der Waals surface area (Å²) >= 11 is 9.23. The Morgan fingerprint density at radius 1 is 0.181 bits per heavy atom. The number of ether oxygens (including phenoxy) is 24. The van der Waals surface area contributed by atoms with E-state index in [0.29, 0.717) is 0 Å². The van der Waals surface area contributed by atoms with Gasteiger partial charge in [0, 0.05) is 92.0 Å². The summed E-state index contributed by atoms with van der Waals surface area (Å²) in [5.41, 5.74) is 0. The predicted octanol–water partition coefficient (Wildman–Crippen LogP) is -10.9. The summed E-state index contributed by atoms with van der Waals surface area (Å²) < 4.78 is 148. The first kappa shape index (κ1) is 122. The Balaban J connectivity index is 1.12. The van der Waals surface area contributed by atoms with Crippen LogP contribution in [0, 0.1) is 0 Å². The molecule has 0 aromatic carbocycles. The van der Waals surface area contributed by atoms with Crippen LogP contribution in [0.3, 0.4) is 0 Å². The molecular weight excluding hydrogens is 2010 g/mol. The summed E-state index contributed by atoms with van der Waals surface area (Å²) in [5, 5.41) is 275. The summed E-state index contributed by atoms with van der Waals surface area (Å²) in [6, 6.07) is 0. The maximum atomic E-state index is 12.5. The van der Waals surface area contributed by atoms with Crippen molar-refractivity contribution >= 4 is 100 Å². The fourth-order valence-corrected chi connectivity index (χ4v) is 23.0. The van der Waals surface area contributed by atoms with Crippen LogP contribution < -0.4 is 0 Å². The second kappa shape index (κ2) is 66.9. The highest BCUT2D eigenvalue weighted by Crippen LogP contribution is 2.43. The van der Waals surface area contributed by atoms with Crippen LogP contribution in [-0.2, 0) is 118 Å². The van der Waals surface area contributed by atoms with Gasteiger partial charge in [0.1, 0.15) is 146 Å². The number of rotatable bonds is 57. The van der Waals surface area contributed by atoms with Crippen molar-refractivity contribution in [2.24, 2.45) is 0 Å². The van der Waals surface area contributed by atoms with E-state index in [1.165, 1.54) is 0 Å². The molecule has 138 heavy (non-hydrogen) atoms. The number of aliphatic hydroxyl groups excluding tert-OH is 23. The molecule has 0 spiro atoms. The van der Waals surface area contributed by atoms with Gasteiger partial charge in [-0.2, -0.15) is 94.1 Å². The quantitative estimate of drug-likeness (QED) is 0.0251. The van der Waals surface area contributed by atoms with Gasteiger partial charge in [-0.3, -0.25) is 4.79 Å². The molecule has 30 rings (SSSR count). The Labute approximate surface area is 832 Å². The number of thioether (sulfide) groups is 8. The molecule has 30 fully saturated rings. The first-order valence-electron chi connectivity index (χ1n) is 45.8. The van der Waals surface area contributed by atoms with E-state index in [2.05, 4.69) is 0 Å². The third kappa shape index (κ3) is 37.4. The molecule has 0 radical (unpaired) electrons. The summed E-state index contributed by atoms with van der Waals surface area (Å²) in [6.07, 6.45) is -76.0. The fourth-order valence-electron chi connectivity index (χ4n) is 15.8. The zero-order valence-electron chi connectivity index (χ0n) is 76.1. The van der Waals surface area contributed by atoms with Crippen LogP contribution >= 0.6 is 94.1 Å². The molecule has 49 nitrogen and oxygen atoms in total. The molecule has 30 aliphatic heterocycles. The van der Waals surface area contributed by atoms with Gasteiger partial charge in [-0.25, -0.2) is 0 Å². The molecular formula is C81H144O49S8. The highest BCUT2D eigenvalue weighted by atomic mass is 32.2. The van der Waals surface area contributed by atoms with Crippen molar-refractivity contribution in [2.45, 2.75) is 252 Å². The van der Waals surface area contributed by atoms with E-state index >= 15 is 0 Å². The van der Waals surface area contributed by atoms with Crippen molar-refractivity contribution in [2.75, 3.05) is 244 Å². The van der Waals surface area contributed by atoms with Crippen molar-refractivity contribution in [3.63, 3.8) is 0 Å². The van der Waals surface area contributed by atoms with Gasteiger partial charge in [0.2, 0.25) is 0 Å². The minimum absolute atomic E-state index is 0.0251. The smallest absolute Gasteiger partial charge is 0.305 e. The summed E-state index contributed by atoms with van der Waals surface area (Å²) in [7, 11) is 0. The lowest BCUT2D eigenvalue weighted by molar-refractivity contribution is -0.396. The molecule has 24 N–H and O–H groups in total. The lowest BCUT2D eigenvalue weighted by Crippen LogP contribution is -2.69. The van der Waals surface area contributed by atoms with Gasteiger partial charge in [-0.15, -0.1) is 0 Å². The number of carboxylic acid groups (broad SMARTS) is 1. The number of carboxylic acids is 1. The van der Waals surface area contributed by atoms with Gasteiger partial charge in [-0.1, -0.05) is 0 Å². The van der Waals surface area contributed by atoms with Gasteiger partial charge >= 0.3 is 5.97 Å². The van der Waals surface area contributed by atoms with Crippen LogP contribution in [0.4, 0.5) is 0 Å². The van der Waals surface area contributed by atoms with Gasteiger partial charge in [0.15, 0.2) is 50.3 Å². The standard InChI is InChI=1S/C81H144O49S8/c82-2-10-108-18-26-132-34-42-67-52(93)60(101)76(117-42)126-69-44(36-134-28-20-110-12-4-84)119-78(62(103)54(69)95)128-71-46(38-136-30-22-112-14-6-86)121-80(64(105)56(71)97)130-73-48(40-138-32-24-114-16-8-88)122-81(65(106)57(73)98)129-72-47(39-137-31-23-113-15-7-87)120-79(63(104)55(72)96)127-70-45(37-135-29-21-111-13-5-85)118-77(61(102)53(70)94)125-68-43(35-133-27-19-109-11-3-83)116-75(59(100)51(68)92)123-66-41(115-74(124-67)58(99)50(66)91)33-131-25-17-107-9-1-49(89)90/h41-48,50-88,91-106H,1-40H2,(H,89,90)/t41?,42?,43?,44?,45?,46?,47?,48?,50?,51?,52?,53?,54?,55?,56?,57?,58?,59?,60?,61?,62?,63?,64?,65?,66-,67-,68-,69-,70-,71-,72-,73-,74-,75-,76-,77-,78-,79-,80-,81-/m1/s1. The SMILES string of the molecule is O=C(O)CCOCCSCC1O[C@@H]2O[C@@H]3C(CSCCOCCO)O[C@H](O[C@@H]4C(CSCCOCCO)O[C@H](O[C@@H]5C(CSCCOCCO)O[C@H](O[C@@H]6C(CSCCOCCO)O[C@H](O[C@@H]7C(CSCCOCCO)O[C@H](O[C@@H]8C(CSCCOCCO)O[C@H](O[C@@H]9C(CSCCOCCO)O[C@H](O[C@H]1C(O)C2O)C(O)C9O)C(O)C8O)C(O)C7O)C(O)C6O)C(O)C5O)C(O)C4O)C(O)C3O. The maximum absolute atomic E-state index is 12.5. The Morgan fingerprint density at radius 3 is 0.420 bits per heavy atom. The molecule has 0 aliphatic carbocycles. The maximum Gasteiger partial charge on any atom is 0.305 e. The Hall–Kier alpha value is 0.390. The number of hydrogen-bond acceptors (Lipinski definition) is 56. The Morgan fingerprint density at radius 2 is 0.304 bits per heavy atom. The minimum Gasteiger partial charge on any atom is -0.481 e. The van der Waals surface area contributed by atoms with Crippen LogP contribution in [0.15, 0.2) is 0 Å². The van der Waals surface area contributed by atoms with Crippen molar-refractivity contribution in [3.8, 4) is 0 Å². The fraction of sp³-hybridized carbons (Fsp3) is 0.988. The normalized spacial score (nSPS) is 39.6. The predicted molar refractivity (Wildman–Crippen MR) is 491 cm³/mol. The molecule has 0 saturated carbocycles. The van der Waals surface area contributed by atoms with E-state index in [-0.39, 0.29) is 250 Å². The summed E-state index contributed by atoms with van der Waals surface area (Å²) in [4.78, 5) is 11.4. The van der Waals surface area contributed by atoms with Crippen LogP contribution in [0.25, 0.3) is 0 Å². The van der Waals surface area contributed by atoms with Crippen LogP contribution in [0.5, 0.6) is 0 Å². The lowest BCUT2D eigenvalue weighted by atomic mass is 9.95. The first-order valence-corrected chi connectivity index (χ1v) is 55.1. The zero-order valence-corrected chi connectivity index (χ0v) is 82.6. The molecule has 30 heterocycles. The molecule has 0 aromatic heterocycles. The third-order valence-electron chi connectivity index (χ3n) is 22.8. The number of carbonyl (C=O) groups is 1. The topological polar surface area (TPSA) is 724 Å². The minimum atomic E-state index is -2.20. The van der Waals surface area contributed by atoms with Crippen molar-refractivity contribution < 1.29 is 241 Å². The number of hydrogen-bond donors (Lipinski definition) is 24. The summed E-state index contributed by atoms with van der Waals surface area (Å²) in [6.45, 7) is -2.08. The lowest BCUT2D eigenvalue weighted by Gasteiger charge is -2.51. The molecule has 16 bridgehead atoms. The van der Waals surface area contributed by atoms with E-state index in [4.69, 9.17) is 114 Å². The monoisotopic (exact) mass is 2160 g/mol. The molecule has 30 aliphatic rings.